The third-order valence-electron chi connectivity index (χ3n) is 3.55. The van der Waals surface area contributed by atoms with Crippen molar-refractivity contribution in [1.29, 1.82) is 0 Å². The zero-order chi connectivity index (χ0) is 18.6. The summed E-state index contributed by atoms with van der Waals surface area (Å²) in [5, 5.41) is 11.7. The molecule has 0 saturated carbocycles. The highest BCUT2D eigenvalue weighted by Gasteiger charge is 2.27. The van der Waals surface area contributed by atoms with Crippen LogP contribution >= 0.6 is 11.6 Å². The zero-order valence-corrected chi connectivity index (χ0v) is 14.6. The van der Waals surface area contributed by atoms with E-state index in [0.717, 1.165) is 6.07 Å². The summed E-state index contributed by atoms with van der Waals surface area (Å²) in [4.78, 5) is 23.1. The summed E-state index contributed by atoms with van der Waals surface area (Å²) >= 11 is 6.08. The predicted octanol–water partition coefficient (Wildman–Crippen LogP) is 4.18. The van der Waals surface area contributed by atoms with Gasteiger partial charge in [0.1, 0.15) is 11.7 Å². The van der Waals surface area contributed by atoms with Crippen molar-refractivity contribution in [2.45, 2.75) is 13.0 Å². The quantitative estimate of drug-likeness (QED) is 0.433. The number of hydrogen-bond donors (Lipinski definition) is 0. The van der Waals surface area contributed by atoms with Crippen LogP contribution in [0.2, 0.25) is 5.02 Å². The Hall–Kier alpha value is -2.80. The molecule has 132 valence electrons. The summed E-state index contributed by atoms with van der Waals surface area (Å²) in [5.41, 5.74) is -0.0730. The SMILES string of the molecule is COc1cc(C(=O)O[C@H](C)c2ccccc2Cl)c([N+](=O)[O-])cc1OC. The maximum atomic E-state index is 12.5. The van der Waals surface area contributed by atoms with Gasteiger partial charge in [0.2, 0.25) is 0 Å². The summed E-state index contributed by atoms with van der Waals surface area (Å²) in [6.45, 7) is 1.63. The maximum absolute atomic E-state index is 12.5. The molecule has 0 spiro atoms. The average molecular weight is 366 g/mol. The minimum Gasteiger partial charge on any atom is -0.493 e. The fourth-order valence-corrected chi connectivity index (χ4v) is 2.56. The van der Waals surface area contributed by atoms with Gasteiger partial charge in [-0.2, -0.15) is 0 Å². The monoisotopic (exact) mass is 365 g/mol. The van der Waals surface area contributed by atoms with Gasteiger partial charge in [0.05, 0.1) is 25.2 Å². The lowest BCUT2D eigenvalue weighted by molar-refractivity contribution is -0.385. The topological polar surface area (TPSA) is 87.9 Å². The summed E-state index contributed by atoms with van der Waals surface area (Å²) in [7, 11) is 2.71. The fourth-order valence-electron chi connectivity index (χ4n) is 2.28. The maximum Gasteiger partial charge on any atom is 0.345 e. The van der Waals surface area contributed by atoms with E-state index in [4.69, 9.17) is 25.8 Å². The van der Waals surface area contributed by atoms with Gasteiger partial charge < -0.3 is 14.2 Å². The van der Waals surface area contributed by atoms with Gasteiger partial charge in [-0.3, -0.25) is 10.1 Å². The molecule has 0 aromatic heterocycles. The van der Waals surface area contributed by atoms with E-state index in [1.54, 1.807) is 31.2 Å². The lowest BCUT2D eigenvalue weighted by Crippen LogP contribution is -2.12. The van der Waals surface area contributed by atoms with Crippen LogP contribution < -0.4 is 9.47 Å². The van der Waals surface area contributed by atoms with Crippen LogP contribution in [0.1, 0.15) is 28.9 Å². The number of nitro benzene ring substituents is 1. The molecule has 0 heterocycles. The molecule has 25 heavy (non-hydrogen) atoms. The van der Waals surface area contributed by atoms with Crippen molar-refractivity contribution in [2.75, 3.05) is 14.2 Å². The molecule has 2 aromatic carbocycles. The van der Waals surface area contributed by atoms with Gasteiger partial charge in [-0.25, -0.2) is 4.79 Å². The normalized spacial score (nSPS) is 11.5. The number of benzene rings is 2. The summed E-state index contributed by atoms with van der Waals surface area (Å²) in [6, 6.07) is 9.22. The van der Waals surface area contributed by atoms with Gasteiger partial charge in [0.15, 0.2) is 11.5 Å². The van der Waals surface area contributed by atoms with E-state index >= 15 is 0 Å². The van der Waals surface area contributed by atoms with E-state index in [9.17, 15) is 14.9 Å². The average Bonchev–Trinajstić information content (AvgIpc) is 2.60. The molecular formula is C17H16ClNO6. The molecule has 0 N–H and O–H groups in total. The van der Waals surface area contributed by atoms with Crippen LogP contribution in [-0.2, 0) is 4.74 Å². The van der Waals surface area contributed by atoms with Crippen molar-refractivity contribution in [3.63, 3.8) is 0 Å². The number of ether oxygens (including phenoxy) is 3. The molecule has 0 aliphatic rings. The molecule has 0 saturated heterocycles. The lowest BCUT2D eigenvalue weighted by atomic mass is 10.1. The molecule has 2 rings (SSSR count). The Morgan fingerprint density at radius 2 is 1.76 bits per heavy atom. The Balaban J connectivity index is 2.38. The van der Waals surface area contributed by atoms with Gasteiger partial charge in [0.25, 0.3) is 5.69 Å². The van der Waals surface area contributed by atoms with Crippen LogP contribution in [0, 0.1) is 10.1 Å². The van der Waals surface area contributed by atoms with E-state index in [1.807, 2.05) is 0 Å². The number of hydrogen-bond acceptors (Lipinski definition) is 6. The van der Waals surface area contributed by atoms with Gasteiger partial charge in [0, 0.05) is 16.7 Å². The van der Waals surface area contributed by atoms with Crippen LogP contribution in [-0.4, -0.2) is 25.1 Å². The third-order valence-corrected chi connectivity index (χ3v) is 3.89. The molecule has 2 aromatic rings. The highest BCUT2D eigenvalue weighted by molar-refractivity contribution is 6.31. The number of carbonyl (C=O) groups is 1. The van der Waals surface area contributed by atoms with Crippen LogP contribution in [0.5, 0.6) is 11.5 Å². The number of nitro groups is 1. The van der Waals surface area contributed by atoms with Crippen molar-refractivity contribution < 1.29 is 23.9 Å². The molecule has 0 unspecified atom stereocenters. The first-order valence-electron chi connectivity index (χ1n) is 7.24. The second-order valence-corrected chi connectivity index (χ2v) is 5.46. The van der Waals surface area contributed by atoms with Gasteiger partial charge in [-0.1, -0.05) is 29.8 Å². The first-order chi connectivity index (χ1) is 11.9. The Morgan fingerprint density at radius 3 is 2.32 bits per heavy atom. The van der Waals surface area contributed by atoms with Crippen molar-refractivity contribution >= 4 is 23.3 Å². The number of halogens is 1. The molecule has 0 amide bonds. The second-order valence-electron chi connectivity index (χ2n) is 5.05. The Bertz CT molecular complexity index is 808. The van der Waals surface area contributed by atoms with Gasteiger partial charge in [-0.15, -0.1) is 0 Å². The zero-order valence-electron chi connectivity index (χ0n) is 13.8. The summed E-state index contributed by atoms with van der Waals surface area (Å²) in [5.74, 6) is -0.532. The summed E-state index contributed by atoms with van der Waals surface area (Å²) < 4.78 is 15.5. The van der Waals surface area contributed by atoms with Crippen molar-refractivity contribution in [3.05, 3.63) is 62.7 Å². The first kappa shape index (κ1) is 18.5. The minimum atomic E-state index is -0.861. The van der Waals surface area contributed by atoms with E-state index in [1.165, 1.54) is 20.3 Å². The summed E-state index contributed by atoms with van der Waals surface area (Å²) in [6.07, 6.45) is -0.686. The standard InChI is InChI=1S/C17H16ClNO6/c1-10(11-6-4-5-7-13(11)18)25-17(20)12-8-15(23-2)16(24-3)9-14(12)19(21)22/h4-10H,1-3H3/t10-/m1/s1. The smallest absolute Gasteiger partial charge is 0.345 e. The predicted molar refractivity (Wildman–Crippen MR) is 91.5 cm³/mol. The minimum absolute atomic E-state index is 0.143. The van der Waals surface area contributed by atoms with E-state index in [-0.39, 0.29) is 17.1 Å². The second kappa shape index (κ2) is 7.85. The Morgan fingerprint density at radius 1 is 1.16 bits per heavy atom. The van der Waals surface area contributed by atoms with E-state index < -0.39 is 22.7 Å². The number of esters is 1. The van der Waals surface area contributed by atoms with Crippen molar-refractivity contribution in [1.82, 2.24) is 0 Å². The van der Waals surface area contributed by atoms with Crippen LogP contribution in [0.25, 0.3) is 0 Å². The molecule has 0 radical (unpaired) electrons. The van der Waals surface area contributed by atoms with E-state index in [2.05, 4.69) is 0 Å². The number of methoxy groups -OCH3 is 2. The molecule has 8 heteroatoms. The van der Waals surface area contributed by atoms with Crippen LogP contribution in [0.15, 0.2) is 36.4 Å². The Labute approximate surface area is 149 Å². The third kappa shape index (κ3) is 4.00. The largest absolute Gasteiger partial charge is 0.493 e. The van der Waals surface area contributed by atoms with Gasteiger partial charge >= 0.3 is 5.97 Å². The number of carbonyl (C=O) groups excluding carboxylic acids is 1. The van der Waals surface area contributed by atoms with Gasteiger partial charge in [-0.05, 0) is 13.0 Å². The fraction of sp³-hybridized carbons (Fsp3) is 0.235. The lowest BCUT2D eigenvalue weighted by Gasteiger charge is -2.16. The number of nitrogens with zero attached hydrogens (tertiary/aromatic N) is 1. The number of rotatable bonds is 6. The first-order valence-corrected chi connectivity index (χ1v) is 7.62. The molecule has 7 nitrogen and oxygen atoms in total. The Kier molecular flexibility index (Phi) is 5.82. The highest BCUT2D eigenvalue weighted by atomic mass is 35.5. The van der Waals surface area contributed by atoms with Crippen LogP contribution in [0.3, 0.4) is 0 Å². The van der Waals surface area contributed by atoms with Crippen molar-refractivity contribution in [2.24, 2.45) is 0 Å². The van der Waals surface area contributed by atoms with E-state index in [0.29, 0.717) is 10.6 Å². The van der Waals surface area contributed by atoms with Crippen molar-refractivity contribution in [3.8, 4) is 11.5 Å². The highest BCUT2D eigenvalue weighted by Crippen LogP contribution is 2.36. The molecule has 1 atom stereocenters. The molecule has 0 aliphatic carbocycles. The molecular weight excluding hydrogens is 350 g/mol. The molecule has 0 aliphatic heterocycles. The molecule has 0 bridgehead atoms. The van der Waals surface area contributed by atoms with Crippen LogP contribution in [0.4, 0.5) is 5.69 Å². The molecule has 0 fully saturated rings.